The van der Waals surface area contributed by atoms with Gasteiger partial charge < -0.3 is 5.32 Å². The number of halogens is 2. The maximum Gasteiger partial charge on any atom is 0.160 e. The lowest BCUT2D eigenvalue weighted by Crippen LogP contribution is -2.10. The maximum absolute atomic E-state index is 13.2. The number of nitrogens with one attached hydrogen (secondary N) is 1. The molecule has 5 heteroatoms. The van der Waals surface area contributed by atoms with Gasteiger partial charge in [0.1, 0.15) is 5.82 Å². The van der Waals surface area contributed by atoms with Crippen LogP contribution >= 0.6 is 15.9 Å². The highest BCUT2D eigenvalue weighted by atomic mass is 79.9. The Kier molecular flexibility index (Phi) is 5.42. The first-order valence-corrected chi connectivity index (χ1v) is 7.76. The number of rotatable bonds is 5. The van der Waals surface area contributed by atoms with E-state index in [4.69, 9.17) is 0 Å². The van der Waals surface area contributed by atoms with Gasteiger partial charge in [-0.05, 0) is 80.0 Å². The summed E-state index contributed by atoms with van der Waals surface area (Å²) in [7, 11) is 1.95. The van der Waals surface area contributed by atoms with Gasteiger partial charge in [0.25, 0.3) is 0 Å². The molecule has 0 aliphatic rings. The van der Waals surface area contributed by atoms with Crippen molar-refractivity contribution in [2.24, 2.45) is 0 Å². The summed E-state index contributed by atoms with van der Waals surface area (Å²) in [5.41, 5.74) is 3.99. The molecule has 1 N–H and O–H groups in total. The Morgan fingerprint density at radius 1 is 1.19 bits per heavy atom. The molecule has 0 spiro atoms. The van der Waals surface area contributed by atoms with E-state index in [-0.39, 0.29) is 5.82 Å². The minimum atomic E-state index is -0.275. The summed E-state index contributed by atoms with van der Waals surface area (Å²) in [5.74, 6) is 0.358. The van der Waals surface area contributed by atoms with Crippen LogP contribution < -0.4 is 5.32 Å². The van der Waals surface area contributed by atoms with E-state index in [2.05, 4.69) is 31.2 Å². The minimum absolute atomic E-state index is 0.275. The zero-order valence-electron chi connectivity index (χ0n) is 12.5. The monoisotopic (exact) mass is 351 g/mol. The topological polar surface area (TPSA) is 37.8 Å². The Balaban J connectivity index is 2.35. The molecule has 3 nitrogen and oxygen atoms in total. The van der Waals surface area contributed by atoms with Gasteiger partial charge in [0, 0.05) is 21.4 Å². The predicted molar refractivity (Wildman–Crippen MR) is 86.8 cm³/mol. The number of hydrogen-bond donors (Lipinski definition) is 1. The number of aryl methyl sites for hydroxylation is 2. The molecule has 21 heavy (non-hydrogen) atoms. The first kappa shape index (κ1) is 16.0. The first-order chi connectivity index (χ1) is 10.0. The second-order valence-corrected chi connectivity index (χ2v) is 5.88. The van der Waals surface area contributed by atoms with Gasteiger partial charge in [-0.15, -0.1) is 0 Å². The molecule has 0 saturated carbocycles. The van der Waals surface area contributed by atoms with Crippen LogP contribution in [0.2, 0.25) is 0 Å². The van der Waals surface area contributed by atoms with E-state index in [0.717, 1.165) is 36.3 Å². The summed E-state index contributed by atoms with van der Waals surface area (Å²) in [6, 6.07) is 4.56. The Morgan fingerprint density at radius 3 is 2.43 bits per heavy atom. The van der Waals surface area contributed by atoms with Crippen LogP contribution in [0.25, 0.3) is 11.4 Å². The molecule has 0 fully saturated rings. The van der Waals surface area contributed by atoms with Crippen LogP contribution in [0, 0.1) is 19.7 Å². The molecule has 0 aliphatic heterocycles. The molecule has 0 bridgehead atoms. The van der Waals surface area contributed by atoms with Gasteiger partial charge >= 0.3 is 0 Å². The lowest BCUT2D eigenvalue weighted by Gasteiger charge is -2.12. The van der Waals surface area contributed by atoms with Crippen molar-refractivity contribution >= 4 is 15.9 Å². The maximum atomic E-state index is 13.2. The van der Waals surface area contributed by atoms with Crippen molar-refractivity contribution in [1.82, 2.24) is 15.3 Å². The van der Waals surface area contributed by atoms with Crippen molar-refractivity contribution in [2.45, 2.75) is 26.7 Å². The fourth-order valence-corrected chi connectivity index (χ4v) is 2.86. The zero-order chi connectivity index (χ0) is 15.4. The molecule has 2 aromatic rings. The standard InChI is InChI=1S/C16H19BrFN3/c1-10-13(5-4-8-19-3)11(2)21-16(20-10)14-7-6-12(18)9-15(14)17/h6-7,9,19H,4-5,8H2,1-3H3. The summed E-state index contributed by atoms with van der Waals surface area (Å²) in [5, 5.41) is 3.14. The number of aromatic nitrogens is 2. The molecular formula is C16H19BrFN3. The van der Waals surface area contributed by atoms with Gasteiger partial charge in [-0.2, -0.15) is 0 Å². The number of hydrogen-bond acceptors (Lipinski definition) is 3. The van der Waals surface area contributed by atoms with Crippen LogP contribution in [0.15, 0.2) is 22.7 Å². The number of nitrogens with zero attached hydrogens (tertiary/aromatic N) is 2. The molecule has 1 heterocycles. The van der Waals surface area contributed by atoms with Crippen LogP contribution in [0.5, 0.6) is 0 Å². The Morgan fingerprint density at radius 2 is 1.86 bits per heavy atom. The van der Waals surface area contributed by atoms with Gasteiger partial charge in [-0.3, -0.25) is 0 Å². The van der Waals surface area contributed by atoms with Crippen molar-refractivity contribution in [3.63, 3.8) is 0 Å². The third kappa shape index (κ3) is 3.86. The first-order valence-electron chi connectivity index (χ1n) is 6.97. The third-order valence-corrected chi connectivity index (χ3v) is 4.10. The molecule has 112 valence electrons. The lowest BCUT2D eigenvalue weighted by atomic mass is 10.1. The third-order valence-electron chi connectivity index (χ3n) is 3.45. The summed E-state index contributed by atoms with van der Waals surface area (Å²) in [4.78, 5) is 9.18. The largest absolute Gasteiger partial charge is 0.320 e. The van der Waals surface area contributed by atoms with E-state index in [1.807, 2.05) is 20.9 Å². The molecule has 0 unspecified atom stereocenters. The van der Waals surface area contributed by atoms with Gasteiger partial charge in [-0.25, -0.2) is 14.4 Å². The van der Waals surface area contributed by atoms with E-state index < -0.39 is 0 Å². The molecule has 1 aromatic carbocycles. The average molecular weight is 352 g/mol. The van der Waals surface area contributed by atoms with E-state index in [1.54, 1.807) is 6.07 Å². The molecule has 2 rings (SSSR count). The van der Waals surface area contributed by atoms with Crippen molar-refractivity contribution in [2.75, 3.05) is 13.6 Å². The molecule has 0 amide bonds. The fraction of sp³-hybridized carbons (Fsp3) is 0.375. The highest BCUT2D eigenvalue weighted by molar-refractivity contribution is 9.10. The summed E-state index contributed by atoms with van der Waals surface area (Å²) in [6.45, 7) is 4.98. The second-order valence-electron chi connectivity index (χ2n) is 5.03. The van der Waals surface area contributed by atoms with E-state index in [1.165, 1.54) is 17.7 Å². The highest BCUT2D eigenvalue weighted by Gasteiger charge is 2.12. The zero-order valence-corrected chi connectivity index (χ0v) is 14.1. The number of benzene rings is 1. The summed E-state index contributed by atoms with van der Waals surface area (Å²) < 4.78 is 13.9. The normalized spacial score (nSPS) is 10.9. The van der Waals surface area contributed by atoms with Gasteiger partial charge in [0.15, 0.2) is 5.82 Å². The SMILES string of the molecule is CNCCCc1c(C)nc(-c2ccc(F)cc2Br)nc1C. The lowest BCUT2D eigenvalue weighted by molar-refractivity contribution is 0.627. The van der Waals surface area contributed by atoms with Crippen molar-refractivity contribution in [3.05, 3.63) is 45.4 Å². The van der Waals surface area contributed by atoms with Crippen LogP contribution in [-0.2, 0) is 6.42 Å². The summed E-state index contributed by atoms with van der Waals surface area (Å²) in [6.07, 6.45) is 2.02. The Bertz CT molecular complexity index is 620. The molecular weight excluding hydrogens is 333 g/mol. The van der Waals surface area contributed by atoms with Crippen molar-refractivity contribution in [1.29, 1.82) is 0 Å². The smallest absolute Gasteiger partial charge is 0.160 e. The molecule has 0 aliphatic carbocycles. The van der Waals surface area contributed by atoms with E-state index in [0.29, 0.717) is 10.3 Å². The van der Waals surface area contributed by atoms with Crippen LogP contribution in [0.3, 0.4) is 0 Å². The van der Waals surface area contributed by atoms with Crippen molar-refractivity contribution < 1.29 is 4.39 Å². The second kappa shape index (κ2) is 7.09. The van der Waals surface area contributed by atoms with Gasteiger partial charge in [0.05, 0.1) is 0 Å². The minimum Gasteiger partial charge on any atom is -0.320 e. The molecule has 0 atom stereocenters. The molecule has 0 radical (unpaired) electrons. The average Bonchev–Trinajstić information content (AvgIpc) is 2.41. The van der Waals surface area contributed by atoms with Crippen LogP contribution in [0.4, 0.5) is 4.39 Å². The molecule has 0 saturated heterocycles. The predicted octanol–water partition coefficient (Wildman–Crippen LogP) is 3.81. The Labute approximate surface area is 133 Å². The summed E-state index contributed by atoms with van der Waals surface area (Å²) >= 11 is 3.37. The van der Waals surface area contributed by atoms with E-state index >= 15 is 0 Å². The Hall–Kier alpha value is -1.33. The fourth-order valence-electron chi connectivity index (χ4n) is 2.33. The van der Waals surface area contributed by atoms with Crippen LogP contribution in [0.1, 0.15) is 23.4 Å². The van der Waals surface area contributed by atoms with E-state index in [9.17, 15) is 4.39 Å². The quantitative estimate of drug-likeness (QED) is 0.832. The van der Waals surface area contributed by atoms with Gasteiger partial charge in [0.2, 0.25) is 0 Å². The highest BCUT2D eigenvalue weighted by Crippen LogP contribution is 2.27. The van der Waals surface area contributed by atoms with Crippen molar-refractivity contribution in [3.8, 4) is 11.4 Å². The molecule has 1 aromatic heterocycles. The van der Waals surface area contributed by atoms with Gasteiger partial charge in [-0.1, -0.05) is 0 Å². The van der Waals surface area contributed by atoms with Crippen LogP contribution in [-0.4, -0.2) is 23.6 Å².